The van der Waals surface area contributed by atoms with Crippen LogP contribution in [0.4, 0.5) is 18.9 Å². The van der Waals surface area contributed by atoms with E-state index < -0.39 is 17.6 Å². The Balaban J connectivity index is 1.86. The van der Waals surface area contributed by atoms with E-state index in [1.54, 1.807) is 18.2 Å². The number of pyridine rings is 1. The molecule has 134 valence electrons. The van der Waals surface area contributed by atoms with Crippen molar-refractivity contribution in [3.05, 3.63) is 75.6 Å². The van der Waals surface area contributed by atoms with Gasteiger partial charge < -0.3 is 10.3 Å². The molecule has 0 saturated carbocycles. The van der Waals surface area contributed by atoms with Gasteiger partial charge in [-0.25, -0.2) is 0 Å². The Labute approximate surface area is 146 Å². The highest BCUT2D eigenvalue weighted by molar-refractivity contribution is 6.05. The number of fused-ring (bicyclic) bond motifs is 1. The van der Waals surface area contributed by atoms with E-state index in [9.17, 15) is 22.8 Å². The van der Waals surface area contributed by atoms with E-state index in [0.717, 1.165) is 35.2 Å². The van der Waals surface area contributed by atoms with Gasteiger partial charge in [0.05, 0.1) is 11.1 Å². The van der Waals surface area contributed by atoms with Crippen molar-refractivity contribution in [2.75, 3.05) is 5.32 Å². The second kappa shape index (κ2) is 6.67. The van der Waals surface area contributed by atoms with Crippen molar-refractivity contribution >= 4 is 22.5 Å². The fourth-order valence-corrected chi connectivity index (χ4v) is 2.72. The van der Waals surface area contributed by atoms with Crippen molar-refractivity contribution in [3.8, 4) is 0 Å². The predicted octanol–water partition coefficient (Wildman–Crippen LogP) is 4.36. The number of halogens is 3. The quantitative estimate of drug-likeness (QED) is 0.729. The van der Waals surface area contributed by atoms with E-state index in [4.69, 9.17) is 0 Å². The molecule has 0 bridgehead atoms. The topological polar surface area (TPSA) is 62.0 Å². The number of benzene rings is 2. The zero-order chi connectivity index (χ0) is 18.9. The highest BCUT2D eigenvalue weighted by Gasteiger charge is 2.30. The Hall–Kier alpha value is -3.09. The first-order valence-corrected chi connectivity index (χ1v) is 7.92. The van der Waals surface area contributed by atoms with Crippen LogP contribution in [0.1, 0.15) is 28.4 Å². The number of carbonyl (C=O) groups is 1. The summed E-state index contributed by atoms with van der Waals surface area (Å²) in [6.45, 7) is 1.94. The summed E-state index contributed by atoms with van der Waals surface area (Å²) in [5, 5.41) is 3.50. The first kappa shape index (κ1) is 17.7. The molecule has 4 nitrogen and oxygen atoms in total. The zero-order valence-corrected chi connectivity index (χ0v) is 13.8. The molecule has 0 unspecified atom stereocenters. The second-order valence-electron chi connectivity index (χ2n) is 5.80. The number of aromatic amines is 1. The van der Waals surface area contributed by atoms with E-state index in [0.29, 0.717) is 17.6 Å². The van der Waals surface area contributed by atoms with Gasteiger partial charge in [0.1, 0.15) is 0 Å². The number of nitrogens with one attached hydrogen (secondary N) is 2. The van der Waals surface area contributed by atoms with Crippen LogP contribution in [-0.2, 0) is 12.6 Å². The molecule has 0 atom stereocenters. The lowest BCUT2D eigenvalue weighted by molar-refractivity contribution is -0.137. The maximum Gasteiger partial charge on any atom is 0.416 e. The summed E-state index contributed by atoms with van der Waals surface area (Å²) >= 11 is 0. The van der Waals surface area contributed by atoms with Crippen LogP contribution in [0.15, 0.2) is 53.3 Å². The van der Waals surface area contributed by atoms with Crippen molar-refractivity contribution in [3.63, 3.8) is 0 Å². The van der Waals surface area contributed by atoms with Gasteiger partial charge in [0, 0.05) is 22.7 Å². The highest BCUT2D eigenvalue weighted by Crippen LogP contribution is 2.29. The van der Waals surface area contributed by atoms with Gasteiger partial charge in [-0.05, 0) is 48.4 Å². The molecule has 1 heterocycles. The molecule has 0 fully saturated rings. The summed E-state index contributed by atoms with van der Waals surface area (Å²) in [4.78, 5) is 26.6. The third-order valence-corrected chi connectivity index (χ3v) is 4.04. The molecule has 0 spiro atoms. The number of anilines is 1. The molecule has 0 aliphatic carbocycles. The minimum absolute atomic E-state index is 0.105. The summed E-state index contributed by atoms with van der Waals surface area (Å²) < 4.78 is 37.7. The predicted molar refractivity (Wildman–Crippen MR) is 93.3 cm³/mol. The maximum absolute atomic E-state index is 12.6. The molecular weight excluding hydrogens is 345 g/mol. The lowest BCUT2D eigenvalue weighted by Gasteiger charge is -2.10. The number of carbonyl (C=O) groups excluding carboxylic acids is 1. The number of H-pyrrole nitrogens is 1. The van der Waals surface area contributed by atoms with Gasteiger partial charge in [0.15, 0.2) is 0 Å². The molecule has 2 aromatic carbocycles. The number of aryl methyl sites for hydroxylation is 1. The first-order chi connectivity index (χ1) is 12.3. The molecule has 2 N–H and O–H groups in total. The summed E-state index contributed by atoms with van der Waals surface area (Å²) in [7, 11) is 0. The van der Waals surface area contributed by atoms with Gasteiger partial charge in [-0.1, -0.05) is 13.0 Å². The fraction of sp³-hybridized carbons (Fsp3) is 0.158. The zero-order valence-electron chi connectivity index (χ0n) is 13.8. The van der Waals surface area contributed by atoms with Crippen LogP contribution in [-0.4, -0.2) is 10.9 Å². The summed E-state index contributed by atoms with van der Waals surface area (Å²) in [6.07, 6.45) is -3.76. The van der Waals surface area contributed by atoms with E-state index in [-0.39, 0.29) is 11.1 Å². The molecule has 3 rings (SSSR count). The summed E-state index contributed by atoms with van der Waals surface area (Å²) in [5.41, 5.74) is 0.967. The fourth-order valence-electron chi connectivity index (χ4n) is 2.72. The minimum Gasteiger partial charge on any atom is -0.322 e. The van der Waals surface area contributed by atoms with Crippen LogP contribution >= 0.6 is 0 Å². The van der Waals surface area contributed by atoms with Crippen molar-refractivity contribution in [1.29, 1.82) is 0 Å². The molecule has 1 aromatic heterocycles. The largest absolute Gasteiger partial charge is 0.416 e. The van der Waals surface area contributed by atoms with Crippen molar-refractivity contribution in [2.24, 2.45) is 0 Å². The number of hydrogen-bond acceptors (Lipinski definition) is 2. The normalized spacial score (nSPS) is 11.5. The minimum atomic E-state index is -4.45. The number of amides is 1. The Morgan fingerprint density at radius 2 is 1.77 bits per heavy atom. The molecule has 0 aliphatic heterocycles. The molecule has 0 aliphatic rings. The highest BCUT2D eigenvalue weighted by atomic mass is 19.4. The molecular formula is C19H15F3N2O2. The molecule has 0 radical (unpaired) electrons. The van der Waals surface area contributed by atoms with E-state index >= 15 is 0 Å². The van der Waals surface area contributed by atoms with Gasteiger partial charge in [-0.15, -0.1) is 0 Å². The van der Waals surface area contributed by atoms with E-state index in [1.165, 1.54) is 6.07 Å². The van der Waals surface area contributed by atoms with Crippen molar-refractivity contribution < 1.29 is 18.0 Å². The van der Waals surface area contributed by atoms with Crippen LogP contribution in [0.5, 0.6) is 0 Å². The Morgan fingerprint density at radius 3 is 2.38 bits per heavy atom. The van der Waals surface area contributed by atoms with Crippen LogP contribution in [0, 0.1) is 0 Å². The van der Waals surface area contributed by atoms with Crippen molar-refractivity contribution in [2.45, 2.75) is 19.5 Å². The van der Waals surface area contributed by atoms with E-state index in [2.05, 4.69) is 10.3 Å². The molecule has 7 heteroatoms. The molecule has 1 amide bonds. The van der Waals surface area contributed by atoms with Crippen molar-refractivity contribution in [1.82, 2.24) is 4.98 Å². The smallest absolute Gasteiger partial charge is 0.322 e. The van der Waals surface area contributed by atoms with Gasteiger partial charge >= 0.3 is 6.18 Å². The maximum atomic E-state index is 12.6. The van der Waals surface area contributed by atoms with Crippen LogP contribution < -0.4 is 10.9 Å². The van der Waals surface area contributed by atoms with Crippen LogP contribution in [0.25, 0.3) is 10.9 Å². The first-order valence-electron chi connectivity index (χ1n) is 7.92. The monoisotopic (exact) mass is 360 g/mol. The second-order valence-corrected chi connectivity index (χ2v) is 5.80. The molecule has 26 heavy (non-hydrogen) atoms. The third-order valence-electron chi connectivity index (χ3n) is 4.04. The van der Waals surface area contributed by atoms with Gasteiger partial charge in [-0.2, -0.15) is 13.2 Å². The Morgan fingerprint density at radius 1 is 1.08 bits per heavy atom. The van der Waals surface area contributed by atoms with Crippen LogP contribution in [0.3, 0.4) is 0 Å². The number of rotatable bonds is 3. The summed E-state index contributed by atoms with van der Waals surface area (Å²) in [6, 6.07) is 10.6. The average Bonchev–Trinajstić information content (AvgIpc) is 2.60. The van der Waals surface area contributed by atoms with Crippen LogP contribution in [0.2, 0.25) is 0 Å². The number of hydrogen-bond donors (Lipinski definition) is 2. The number of alkyl halides is 3. The molecule has 3 aromatic rings. The lowest BCUT2D eigenvalue weighted by atomic mass is 10.1. The Bertz CT molecular complexity index is 1020. The number of aromatic nitrogens is 1. The average molecular weight is 360 g/mol. The lowest BCUT2D eigenvalue weighted by Crippen LogP contribution is -2.13. The van der Waals surface area contributed by atoms with E-state index in [1.807, 2.05) is 6.92 Å². The standard InChI is InChI=1S/C19H15F3N2O2/c1-2-11-9-17(25)24-16-10-14(7-8-15(11)16)23-18(26)12-3-5-13(6-4-12)19(20,21)22/h3-10H,2H2,1H3,(H,23,26)(H,24,25). The summed E-state index contributed by atoms with van der Waals surface area (Å²) in [5.74, 6) is -0.535. The van der Waals surface area contributed by atoms with Gasteiger partial charge in [0.2, 0.25) is 5.56 Å². The van der Waals surface area contributed by atoms with Gasteiger partial charge in [0.25, 0.3) is 5.91 Å². The Kier molecular flexibility index (Phi) is 4.54. The molecule has 0 saturated heterocycles. The SMILES string of the molecule is CCc1cc(=O)[nH]c2cc(NC(=O)c3ccc(C(F)(F)F)cc3)ccc12. The van der Waals surface area contributed by atoms with Gasteiger partial charge in [-0.3, -0.25) is 9.59 Å². The third kappa shape index (κ3) is 3.61.